The Morgan fingerprint density at radius 2 is 2.27 bits per heavy atom. The molecule has 64 valence electrons. The van der Waals surface area contributed by atoms with E-state index in [0.29, 0.717) is 11.8 Å². The second kappa shape index (κ2) is 3.74. The van der Waals surface area contributed by atoms with Gasteiger partial charge in [-0.2, -0.15) is 0 Å². The molecule has 2 atom stereocenters. The Hall–Kier alpha value is -0.530. The fourth-order valence-electron chi connectivity index (χ4n) is 1.40. The van der Waals surface area contributed by atoms with Crippen molar-refractivity contribution in [2.75, 3.05) is 6.54 Å². The van der Waals surface area contributed by atoms with E-state index in [1.807, 2.05) is 0 Å². The second-order valence-electron chi connectivity index (χ2n) is 3.30. The lowest BCUT2D eigenvalue weighted by molar-refractivity contribution is -0.122. The third kappa shape index (κ3) is 2.21. The highest BCUT2D eigenvalue weighted by molar-refractivity contribution is 5.81. The molecule has 1 saturated carbocycles. The molecule has 0 unspecified atom stereocenters. The summed E-state index contributed by atoms with van der Waals surface area (Å²) in [6, 6.07) is 0. The van der Waals surface area contributed by atoms with Crippen LogP contribution in [0.3, 0.4) is 0 Å². The molecule has 0 aromatic heterocycles. The molecule has 1 amide bonds. The quantitative estimate of drug-likeness (QED) is 0.656. The van der Waals surface area contributed by atoms with E-state index in [1.165, 1.54) is 0 Å². The summed E-state index contributed by atoms with van der Waals surface area (Å²) in [6.07, 6.45) is 3.31. The lowest BCUT2D eigenvalue weighted by Crippen LogP contribution is -2.26. The number of carbonyl (C=O) groups is 1. The van der Waals surface area contributed by atoms with Crippen molar-refractivity contribution in [1.29, 1.82) is 0 Å². The third-order valence-electron chi connectivity index (χ3n) is 2.33. The zero-order valence-corrected chi connectivity index (χ0v) is 7.39. The lowest BCUT2D eigenvalue weighted by atomic mass is 10.2. The Bertz CT molecular complexity index is 144. The summed E-state index contributed by atoms with van der Waals surface area (Å²) in [5.41, 5.74) is 0. The molecule has 1 rings (SSSR count). The van der Waals surface area contributed by atoms with E-state index >= 15 is 0 Å². The molecule has 1 aliphatic rings. The molecular weight excluding hydrogens is 138 g/mol. The van der Waals surface area contributed by atoms with Crippen molar-refractivity contribution in [3.05, 3.63) is 0 Å². The zero-order chi connectivity index (χ0) is 8.27. The van der Waals surface area contributed by atoms with Crippen LogP contribution in [0, 0.1) is 11.8 Å². The van der Waals surface area contributed by atoms with Crippen LogP contribution in [0.25, 0.3) is 0 Å². The predicted molar refractivity (Wildman–Crippen MR) is 45.2 cm³/mol. The van der Waals surface area contributed by atoms with E-state index in [-0.39, 0.29) is 5.91 Å². The molecular formula is C9H17NO. The minimum atomic E-state index is 0.277. The normalized spacial score (nSPS) is 28.2. The first-order valence-electron chi connectivity index (χ1n) is 4.57. The summed E-state index contributed by atoms with van der Waals surface area (Å²) >= 11 is 0. The molecule has 2 heteroatoms. The number of nitrogens with one attached hydrogen (secondary N) is 1. The molecule has 1 N–H and O–H groups in total. The van der Waals surface area contributed by atoms with Gasteiger partial charge in [0, 0.05) is 12.5 Å². The second-order valence-corrected chi connectivity index (χ2v) is 3.30. The molecule has 0 aromatic carbocycles. The van der Waals surface area contributed by atoms with Gasteiger partial charge in [-0.1, -0.05) is 20.3 Å². The molecule has 0 radical (unpaired) electrons. The fraction of sp³-hybridized carbons (Fsp3) is 0.889. The molecule has 1 fully saturated rings. The summed E-state index contributed by atoms with van der Waals surface area (Å²) in [4.78, 5) is 11.2. The molecule has 0 aromatic rings. The maximum Gasteiger partial charge on any atom is 0.223 e. The summed E-state index contributed by atoms with van der Waals surface area (Å²) in [7, 11) is 0. The fourth-order valence-corrected chi connectivity index (χ4v) is 1.40. The standard InChI is InChI=1S/C9H17NO/c1-3-5-10-9(11)8-6-7(8)4-2/h7-8H,3-6H2,1-2H3,(H,10,11)/t7-,8-/m1/s1. The van der Waals surface area contributed by atoms with Gasteiger partial charge in [0.05, 0.1) is 0 Å². The van der Waals surface area contributed by atoms with E-state index in [9.17, 15) is 4.79 Å². The minimum Gasteiger partial charge on any atom is -0.356 e. The molecule has 11 heavy (non-hydrogen) atoms. The number of carbonyl (C=O) groups excluding carboxylic acids is 1. The van der Waals surface area contributed by atoms with Crippen LogP contribution in [0.15, 0.2) is 0 Å². The van der Waals surface area contributed by atoms with E-state index in [0.717, 1.165) is 25.8 Å². The van der Waals surface area contributed by atoms with E-state index in [4.69, 9.17) is 0 Å². The van der Waals surface area contributed by atoms with Gasteiger partial charge in [-0.3, -0.25) is 4.79 Å². The Morgan fingerprint density at radius 1 is 1.55 bits per heavy atom. The van der Waals surface area contributed by atoms with Gasteiger partial charge in [0.2, 0.25) is 5.91 Å². The van der Waals surface area contributed by atoms with Crippen LogP contribution in [-0.4, -0.2) is 12.5 Å². The van der Waals surface area contributed by atoms with Crippen LogP contribution < -0.4 is 5.32 Å². The van der Waals surface area contributed by atoms with Gasteiger partial charge in [-0.25, -0.2) is 0 Å². The molecule has 0 bridgehead atoms. The van der Waals surface area contributed by atoms with Crippen molar-refractivity contribution >= 4 is 5.91 Å². The SMILES string of the molecule is CCCNC(=O)[C@@H]1C[C@H]1CC. The van der Waals surface area contributed by atoms with Crippen molar-refractivity contribution in [2.45, 2.75) is 33.1 Å². The highest BCUT2D eigenvalue weighted by atomic mass is 16.2. The van der Waals surface area contributed by atoms with Crippen LogP contribution >= 0.6 is 0 Å². The van der Waals surface area contributed by atoms with E-state index < -0.39 is 0 Å². The van der Waals surface area contributed by atoms with Crippen molar-refractivity contribution in [3.8, 4) is 0 Å². The van der Waals surface area contributed by atoms with Gasteiger partial charge < -0.3 is 5.32 Å². The summed E-state index contributed by atoms with van der Waals surface area (Å²) in [5, 5.41) is 2.92. The van der Waals surface area contributed by atoms with Crippen LogP contribution in [0.1, 0.15) is 33.1 Å². The van der Waals surface area contributed by atoms with Gasteiger partial charge in [0.25, 0.3) is 0 Å². The van der Waals surface area contributed by atoms with Crippen LogP contribution in [0.2, 0.25) is 0 Å². The van der Waals surface area contributed by atoms with Crippen molar-refractivity contribution < 1.29 is 4.79 Å². The van der Waals surface area contributed by atoms with Crippen LogP contribution in [0.5, 0.6) is 0 Å². The van der Waals surface area contributed by atoms with E-state index in [2.05, 4.69) is 19.2 Å². The molecule has 0 saturated heterocycles. The largest absolute Gasteiger partial charge is 0.356 e. The average Bonchev–Trinajstić information content (AvgIpc) is 2.78. The highest BCUT2D eigenvalue weighted by Crippen LogP contribution is 2.40. The van der Waals surface area contributed by atoms with Crippen LogP contribution in [-0.2, 0) is 4.79 Å². The Labute approximate surface area is 68.4 Å². The summed E-state index contributed by atoms with van der Waals surface area (Å²) < 4.78 is 0. The third-order valence-corrected chi connectivity index (χ3v) is 2.33. The van der Waals surface area contributed by atoms with Crippen molar-refractivity contribution in [1.82, 2.24) is 5.32 Å². The van der Waals surface area contributed by atoms with Gasteiger partial charge >= 0.3 is 0 Å². The van der Waals surface area contributed by atoms with E-state index in [1.54, 1.807) is 0 Å². The smallest absolute Gasteiger partial charge is 0.223 e. The van der Waals surface area contributed by atoms with Gasteiger partial charge in [-0.05, 0) is 18.8 Å². The lowest BCUT2D eigenvalue weighted by Gasteiger charge is -2.00. The van der Waals surface area contributed by atoms with Gasteiger partial charge in [0.15, 0.2) is 0 Å². The monoisotopic (exact) mass is 155 g/mol. The van der Waals surface area contributed by atoms with Crippen LogP contribution in [0.4, 0.5) is 0 Å². The maximum absolute atomic E-state index is 11.2. The molecule has 0 spiro atoms. The topological polar surface area (TPSA) is 29.1 Å². The highest BCUT2D eigenvalue weighted by Gasteiger charge is 2.40. The molecule has 2 nitrogen and oxygen atoms in total. The summed E-state index contributed by atoms with van der Waals surface area (Å²) in [6.45, 7) is 5.06. The Balaban J connectivity index is 2.12. The Morgan fingerprint density at radius 3 is 2.73 bits per heavy atom. The first kappa shape index (κ1) is 8.57. The average molecular weight is 155 g/mol. The van der Waals surface area contributed by atoms with Gasteiger partial charge in [-0.15, -0.1) is 0 Å². The first-order chi connectivity index (χ1) is 5.29. The molecule has 0 heterocycles. The number of amides is 1. The number of rotatable bonds is 4. The van der Waals surface area contributed by atoms with Gasteiger partial charge in [0.1, 0.15) is 0 Å². The van der Waals surface area contributed by atoms with Crippen molar-refractivity contribution in [2.24, 2.45) is 11.8 Å². The number of hydrogen-bond donors (Lipinski definition) is 1. The Kier molecular flexibility index (Phi) is 2.92. The molecule has 1 aliphatic carbocycles. The number of hydrogen-bond acceptors (Lipinski definition) is 1. The minimum absolute atomic E-state index is 0.277. The van der Waals surface area contributed by atoms with Crippen molar-refractivity contribution in [3.63, 3.8) is 0 Å². The summed E-state index contributed by atoms with van der Waals surface area (Å²) in [5.74, 6) is 1.32. The maximum atomic E-state index is 11.2. The predicted octanol–water partition coefficient (Wildman–Crippen LogP) is 1.56. The molecule has 0 aliphatic heterocycles. The first-order valence-corrected chi connectivity index (χ1v) is 4.57. The zero-order valence-electron chi connectivity index (χ0n) is 7.39.